The van der Waals surface area contributed by atoms with Crippen molar-refractivity contribution in [1.29, 1.82) is 0 Å². The molecule has 186 valence electrons. The maximum absolute atomic E-state index is 12.6. The zero-order chi connectivity index (χ0) is 25.4. The molecular formula is C25H30N4O5S. The number of benzene rings is 2. The predicted octanol–water partition coefficient (Wildman–Crippen LogP) is 2.77. The van der Waals surface area contributed by atoms with E-state index in [2.05, 4.69) is 10.4 Å². The van der Waals surface area contributed by atoms with Gasteiger partial charge in [0.2, 0.25) is 10.0 Å². The van der Waals surface area contributed by atoms with E-state index in [-0.39, 0.29) is 29.5 Å². The van der Waals surface area contributed by atoms with E-state index in [1.807, 2.05) is 31.2 Å². The van der Waals surface area contributed by atoms with Gasteiger partial charge in [-0.05, 0) is 61.5 Å². The molecule has 0 aliphatic heterocycles. The molecular weight excluding hydrogens is 468 g/mol. The molecule has 0 fully saturated rings. The van der Waals surface area contributed by atoms with Gasteiger partial charge < -0.3 is 10.1 Å². The van der Waals surface area contributed by atoms with Crippen LogP contribution in [0.1, 0.15) is 31.1 Å². The molecule has 10 heteroatoms. The van der Waals surface area contributed by atoms with Crippen molar-refractivity contribution in [1.82, 2.24) is 19.4 Å². The van der Waals surface area contributed by atoms with E-state index < -0.39 is 10.0 Å². The van der Waals surface area contributed by atoms with Crippen molar-refractivity contribution in [3.63, 3.8) is 0 Å². The maximum Gasteiger partial charge on any atom is 0.266 e. The van der Waals surface area contributed by atoms with Crippen molar-refractivity contribution < 1.29 is 17.9 Å². The molecule has 0 saturated heterocycles. The van der Waals surface area contributed by atoms with Crippen molar-refractivity contribution in [2.45, 2.75) is 32.2 Å². The molecule has 2 aromatic carbocycles. The average Bonchev–Trinajstić information content (AvgIpc) is 2.86. The Kier molecular flexibility index (Phi) is 8.78. The highest BCUT2D eigenvalue weighted by Gasteiger charge is 2.21. The molecule has 35 heavy (non-hydrogen) atoms. The Labute approximate surface area is 205 Å². The molecule has 0 aliphatic rings. The third-order valence-electron chi connectivity index (χ3n) is 5.40. The lowest BCUT2D eigenvalue weighted by atomic mass is 10.1. The minimum atomic E-state index is -3.59. The number of nitrogens with zero attached hydrogens (tertiary/aromatic N) is 3. The van der Waals surface area contributed by atoms with Crippen molar-refractivity contribution in [3.8, 4) is 17.0 Å². The Morgan fingerprint density at radius 1 is 0.971 bits per heavy atom. The van der Waals surface area contributed by atoms with Gasteiger partial charge in [0.25, 0.3) is 11.5 Å². The zero-order valence-corrected chi connectivity index (χ0v) is 20.9. The van der Waals surface area contributed by atoms with Gasteiger partial charge in [-0.25, -0.2) is 13.1 Å². The van der Waals surface area contributed by atoms with Gasteiger partial charge in [0.1, 0.15) is 5.75 Å². The van der Waals surface area contributed by atoms with Crippen LogP contribution < -0.4 is 15.6 Å². The summed E-state index contributed by atoms with van der Waals surface area (Å²) in [5, 5.41) is 7.14. The van der Waals surface area contributed by atoms with E-state index in [0.717, 1.165) is 11.3 Å². The standard InChI is InChI=1S/C25H30N4O5S/c1-4-28(5-2)35(32,33)22-13-9-20(10-14-22)25(31)26-17-18-29-24(30)16-15-23(27-29)19-7-11-21(12-8-19)34-6-3/h7-16H,4-6,17-18H2,1-3H3,(H,26,31). The number of ether oxygens (including phenoxy) is 1. The summed E-state index contributed by atoms with van der Waals surface area (Å²) >= 11 is 0. The van der Waals surface area contributed by atoms with Crippen molar-refractivity contribution in [2.75, 3.05) is 26.2 Å². The Balaban J connectivity index is 1.63. The van der Waals surface area contributed by atoms with E-state index in [9.17, 15) is 18.0 Å². The van der Waals surface area contributed by atoms with Crippen LogP contribution in [0, 0.1) is 0 Å². The number of aromatic nitrogens is 2. The van der Waals surface area contributed by atoms with Crippen LogP contribution in [0.3, 0.4) is 0 Å². The quantitative estimate of drug-likeness (QED) is 0.435. The summed E-state index contributed by atoms with van der Waals surface area (Å²) in [6.07, 6.45) is 0. The van der Waals surface area contributed by atoms with Crippen molar-refractivity contribution in [2.24, 2.45) is 0 Å². The molecule has 0 spiro atoms. The Hall–Kier alpha value is -3.50. The lowest BCUT2D eigenvalue weighted by molar-refractivity contribution is 0.0951. The van der Waals surface area contributed by atoms with E-state index >= 15 is 0 Å². The summed E-state index contributed by atoms with van der Waals surface area (Å²) in [5.41, 5.74) is 1.52. The van der Waals surface area contributed by atoms with Crippen LogP contribution >= 0.6 is 0 Å². The molecule has 1 N–H and O–H groups in total. The average molecular weight is 499 g/mol. The Morgan fingerprint density at radius 2 is 1.63 bits per heavy atom. The van der Waals surface area contributed by atoms with Gasteiger partial charge in [0.05, 0.1) is 23.7 Å². The lowest BCUT2D eigenvalue weighted by Gasteiger charge is -2.18. The second-order valence-electron chi connectivity index (χ2n) is 7.61. The first kappa shape index (κ1) is 26.1. The first-order chi connectivity index (χ1) is 16.8. The first-order valence-corrected chi connectivity index (χ1v) is 12.9. The van der Waals surface area contributed by atoms with Gasteiger partial charge in [-0.3, -0.25) is 9.59 Å². The summed E-state index contributed by atoms with van der Waals surface area (Å²) in [6.45, 7) is 7.14. The minimum Gasteiger partial charge on any atom is -0.494 e. The number of carbonyl (C=O) groups excluding carboxylic acids is 1. The van der Waals surface area contributed by atoms with Crippen LogP contribution in [0.5, 0.6) is 5.75 Å². The predicted molar refractivity (Wildman–Crippen MR) is 134 cm³/mol. The van der Waals surface area contributed by atoms with Gasteiger partial charge >= 0.3 is 0 Å². The number of sulfonamides is 1. The number of amides is 1. The second-order valence-corrected chi connectivity index (χ2v) is 9.54. The summed E-state index contributed by atoms with van der Waals surface area (Å²) in [7, 11) is -3.59. The number of rotatable bonds is 11. The highest BCUT2D eigenvalue weighted by Crippen LogP contribution is 2.20. The topological polar surface area (TPSA) is 111 Å². The molecule has 3 aromatic rings. The molecule has 1 heterocycles. The van der Waals surface area contributed by atoms with E-state index in [1.54, 1.807) is 19.9 Å². The van der Waals surface area contributed by atoms with Crippen molar-refractivity contribution >= 4 is 15.9 Å². The largest absolute Gasteiger partial charge is 0.494 e. The highest BCUT2D eigenvalue weighted by molar-refractivity contribution is 7.89. The second kappa shape index (κ2) is 11.8. The number of nitrogens with one attached hydrogen (secondary N) is 1. The monoisotopic (exact) mass is 498 g/mol. The first-order valence-electron chi connectivity index (χ1n) is 11.5. The van der Waals surface area contributed by atoms with Crippen molar-refractivity contribution in [3.05, 3.63) is 76.6 Å². The smallest absolute Gasteiger partial charge is 0.266 e. The summed E-state index contributed by atoms with van der Waals surface area (Å²) < 4.78 is 33.3. The van der Waals surface area contributed by atoms with E-state index in [4.69, 9.17) is 4.74 Å². The minimum absolute atomic E-state index is 0.139. The Morgan fingerprint density at radius 3 is 2.23 bits per heavy atom. The molecule has 0 atom stereocenters. The Bertz CT molecular complexity index is 1300. The fourth-order valence-electron chi connectivity index (χ4n) is 3.52. The fourth-order valence-corrected chi connectivity index (χ4v) is 4.98. The van der Waals surface area contributed by atoms with Gasteiger partial charge in [0, 0.05) is 36.8 Å². The number of hydrogen-bond acceptors (Lipinski definition) is 6. The third kappa shape index (κ3) is 6.34. The molecule has 0 bridgehead atoms. The van der Waals surface area contributed by atoms with E-state index in [0.29, 0.717) is 31.0 Å². The molecule has 1 aromatic heterocycles. The summed E-state index contributed by atoms with van der Waals surface area (Å²) in [5.74, 6) is 0.387. The van der Waals surface area contributed by atoms with Crippen LogP contribution in [0.25, 0.3) is 11.3 Å². The summed E-state index contributed by atoms with van der Waals surface area (Å²) in [6, 6.07) is 16.3. The van der Waals surface area contributed by atoms with Gasteiger partial charge in [-0.15, -0.1) is 0 Å². The van der Waals surface area contributed by atoms with Gasteiger partial charge in [0.15, 0.2) is 0 Å². The third-order valence-corrected chi connectivity index (χ3v) is 7.46. The highest BCUT2D eigenvalue weighted by atomic mass is 32.2. The molecule has 3 rings (SSSR count). The van der Waals surface area contributed by atoms with Crippen LogP contribution in [-0.4, -0.2) is 54.7 Å². The SMILES string of the molecule is CCOc1ccc(-c2ccc(=O)n(CCNC(=O)c3ccc(S(=O)(=O)N(CC)CC)cc3)n2)cc1. The van der Waals surface area contributed by atoms with Gasteiger partial charge in [-0.1, -0.05) is 13.8 Å². The molecule has 0 unspecified atom stereocenters. The zero-order valence-electron chi connectivity index (χ0n) is 20.1. The molecule has 0 saturated carbocycles. The molecule has 1 amide bonds. The van der Waals surface area contributed by atoms with Crippen LogP contribution in [-0.2, 0) is 16.6 Å². The number of carbonyl (C=O) groups is 1. The normalized spacial score (nSPS) is 11.4. The maximum atomic E-state index is 12.6. The molecule has 0 radical (unpaired) electrons. The van der Waals surface area contributed by atoms with Crippen LogP contribution in [0.15, 0.2) is 70.4 Å². The van der Waals surface area contributed by atoms with Crippen LogP contribution in [0.2, 0.25) is 0 Å². The summed E-state index contributed by atoms with van der Waals surface area (Å²) in [4.78, 5) is 24.9. The molecule has 9 nitrogen and oxygen atoms in total. The molecule has 0 aliphatic carbocycles. The van der Waals surface area contributed by atoms with E-state index in [1.165, 1.54) is 39.3 Å². The number of hydrogen-bond donors (Lipinski definition) is 1. The lowest BCUT2D eigenvalue weighted by Crippen LogP contribution is -2.32. The fraction of sp³-hybridized carbons (Fsp3) is 0.320. The van der Waals surface area contributed by atoms with Gasteiger partial charge in [-0.2, -0.15) is 9.40 Å². The van der Waals surface area contributed by atoms with Crippen LogP contribution in [0.4, 0.5) is 0 Å².